The molecule has 0 radical (unpaired) electrons. The summed E-state index contributed by atoms with van der Waals surface area (Å²) in [6.45, 7) is 9.98. The van der Waals surface area contributed by atoms with E-state index in [4.69, 9.17) is 9.26 Å². The molecular formula is C16H29N3O2. The third-order valence-corrected chi connectivity index (χ3v) is 4.62. The highest BCUT2D eigenvalue weighted by molar-refractivity contribution is 5.03. The van der Waals surface area contributed by atoms with Crippen LogP contribution >= 0.6 is 0 Å². The van der Waals surface area contributed by atoms with E-state index < -0.39 is 5.60 Å². The molecule has 1 aliphatic carbocycles. The molecule has 5 nitrogen and oxygen atoms in total. The van der Waals surface area contributed by atoms with E-state index in [2.05, 4.69) is 29.3 Å². The van der Waals surface area contributed by atoms with Crippen LogP contribution in [0.15, 0.2) is 4.52 Å². The second kappa shape index (κ2) is 7.36. The standard InChI is InChI=1S/C16H29N3O2/c1-5-16(4,20-7-3)15-18-14(21-19-15)12-8-10-13(11-9-12)17-6-2/h12-13,17H,5-11H2,1-4H3. The van der Waals surface area contributed by atoms with Crippen LogP contribution in [0.5, 0.6) is 0 Å². The Labute approximate surface area is 127 Å². The average molecular weight is 295 g/mol. The summed E-state index contributed by atoms with van der Waals surface area (Å²) >= 11 is 0. The highest BCUT2D eigenvalue weighted by Gasteiger charge is 2.33. The minimum atomic E-state index is -0.433. The van der Waals surface area contributed by atoms with Gasteiger partial charge in [-0.25, -0.2) is 0 Å². The van der Waals surface area contributed by atoms with E-state index in [1.807, 2.05) is 13.8 Å². The summed E-state index contributed by atoms with van der Waals surface area (Å²) in [5.74, 6) is 1.89. The fourth-order valence-corrected chi connectivity index (χ4v) is 3.09. The van der Waals surface area contributed by atoms with Gasteiger partial charge in [-0.15, -0.1) is 0 Å². The summed E-state index contributed by atoms with van der Waals surface area (Å²) in [7, 11) is 0. The van der Waals surface area contributed by atoms with E-state index in [0.29, 0.717) is 24.4 Å². The Morgan fingerprint density at radius 2 is 1.95 bits per heavy atom. The molecule has 1 atom stereocenters. The SMILES string of the molecule is CCNC1CCC(c2nc(C(C)(CC)OCC)no2)CC1. The third-order valence-electron chi connectivity index (χ3n) is 4.62. The lowest BCUT2D eigenvalue weighted by atomic mass is 9.86. The quantitative estimate of drug-likeness (QED) is 0.835. The number of ether oxygens (including phenoxy) is 1. The highest BCUT2D eigenvalue weighted by atomic mass is 16.5. The lowest BCUT2D eigenvalue weighted by Crippen LogP contribution is -2.32. The van der Waals surface area contributed by atoms with Crippen molar-refractivity contribution in [2.45, 2.75) is 77.4 Å². The maximum absolute atomic E-state index is 5.82. The van der Waals surface area contributed by atoms with Crippen LogP contribution in [0.3, 0.4) is 0 Å². The molecule has 1 aromatic rings. The summed E-state index contributed by atoms with van der Waals surface area (Å²) in [5, 5.41) is 7.71. The van der Waals surface area contributed by atoms with Crippen molar-refractivity contribution in [2.75, 3.05) is 13.2 Å². The van der Waals surface area contributed by atoms with E-state index in [1.54, 1.807) is 0 Å². The topological polar surface area (TPSA) is 60.2 Å². The summed E-state index contributed by atoms with van der Waals surface area (Å²) in [6, 6.07) is 0.651. The Morgan fingerprint density at radius 3 is 2.52 bits per heavy atom. The van der Waals surface area contributed by atoms with E-state index in [0.717, 1.165) is 31.7 Å². The van der Waals surface area contributed by atoms with Gasteiger partial charge in [0, 0.05) is 18.6 Å². The zero-order valence-electron chi connectivity index (χ0n) is 13.8. The van der Waals surface area contributed by atoms with Crippen LogP contribution in [-0.2, 0) is 10.3 Å². The number of hydrogen-bond donors (Lipinski definition) is 1. The monoisotopic (exact) mass is 295 g/mol. The Morgan fingerprint density at radius 1 is 1.24 bits per heavy atom. The first kappa shape index (κ1) is 16.4. The molecular weight excluding hydrogens is 266 g/mol. The maximum atomic E-state index is 5.82. The molecule has 1 heterocycles. The number of rotatable bonds is 7. The molecule has 0 aliphatic heterocycles. The van der Waals surface area contributed by atoms with Crippen molar-refractivity contribution in [3.63, 3.8) is 0 Å². The molecule has 1 aliphatic rings. The molecule has 0 saturated heterocycles. The zero-order valence-corrected chi connectivity index (χ0v) is 13.8. The van der Waals surface area contributed by atoms with Crippen molar-refractivity contribution in [2.24, 2.45) is 0 Å². The van der Waals surface area contributed by atoms with Crippen molar-refractivity contribution >= 4 is 0 Å². The van der Waals surface area contributed by atoms with Crippen LogP contribution in [0.4, 0.5) is 0 Å². The predicted octanol–water partition coefficient (Wildman–Crippen LogP) is 3.37. The molecule has 1 N–H and O–H groups in total. The summed E-state index contributed by atoms with van der Waals surface area (Å²) < 4.78 is 11.4. The van der Waals surface area contributed by atoms with Gasteiger partial charge in [-0.3, -0.25) is 0 Å². The van der Waals surface area contributed by atoms with E-state index in [-0.39, 0.29) is 0 Å². The Bertz CT molecular complexity index is 427. The van der Waals surface area contributed by atoms with Crippen LogP contribution in [0.2, 0.25) is 0 Å². The van der Waals surface area contributed by atoms with Crippen LogP contribution in [-0.4, -0.2) is 29.3 Å². The molecule has 1 fully saturated rings. The van der Waals surface area contributed by atoms with Gasteiger partial charge in [-0.1, -0.05) is 19.0 Å². The van der Waals surface area contributed by atoms with Crippen LogP contribution in [0.1, 0.15) is 77.4 Å². The Kier molecular flexibility index (Phi) is 5.76. The van der Waals surface area contributed by atoms with Crippen molar-refractivity contribution < 1.29 is 9.26 Å². The normalized spacial score (nSPS) is 25.7. The molecule has 0 aromatic carbocycles. The van der Waals surface area contributed by atoms with Gasteiger partial charge < -0.3 is 14.6 Å². The van der Waals surface area contributed by atoms with E-state index in [1.165, 1.54) is 12.8 Å². The smallest absolute Gasteiger partial charge is 0.229 e. The first-order valence-corrected chi connectivity index (χ1v) is 8.34. The zero-order chi connectivity index (χ0) is 15.3. The fraction of sp³-hybridized carbons (Fsp3) is 0.875. The predicted molar refractivity (Wildman–Crippen MR) is 82.2 cm³/mol. The summed E-state index contributed by atoms with van der Waals surface area (Å²) in [5.41, 5.74) is -0.433. The van der Waals surface area contributed by atoms with Gasteiger partial charge >= 0.3 is 0 Å². The first-order chi connectivity index (χ1) is 10.1. The van der Waals surface area contributed by atoms with Gasteiger partial charge in [0.2, 0.25) is 11.7 Å². The van der Waals surface area contributed by atoms with Gasteiger partial charge in [0.25, 0.3) is 0 Å². The van der Waals surface area contributed by atoms with Crippen LogP contribution in [0.25, 0.3) is 0 Å². The van der Waals surface area contributed by atoms with Gasteiger partial charge in [0.1, 0.15) is 5.60 Å². The van der Waals surface area contributed by atoms with Crippen molar-refractivity contribution in [1.82, 2.24) is 15.5 Å². The number of nitrogens with zero attached hydrogens (tertiary/aromatic N) is 2. The van der Waals surface area contributed by atoms with Gasteiger partial charge in [0.15, 0.2) is 0 Å². The molecule has 21 heavy (non-hydrogen) atoms. The Hall–Kier alpha value is -0.940. The van der Waals surface area contributed by atoms with Crippen molar-refractivity contribution in [3.05, 3.63) is 11.7 Å². The molecule has 120 valence electrons. The molecule has 0 bridgehead atoms. The van der Waals surface area contributed by atoms with Crippen molar-refractivity contribution in [3.8, 4) is 0 Å². The summed E-state index contributed by atoms with van der Waals surface area (Å²) in [6.07, 6.45) is 5.46. The van der Waals surface area contributed by atoms with Gasteiger partial charge in [0.05, 0.1) is 0 Å². The molecule has 2 rings (SSSR count). The average Bonchev–Trinajstić information content (AvgIpc) is 2.99. The Balaban J connectivity index is 2.00. The maximum Gasteiger partial charge on any atom is 0.229 e. The van der Waals surface area contributed by atoms with E-state index in [9.17, 15) is 0 Å². The number of hydrogen-bond acceptors (Lipinski definition) is 5. The third kappa shape index (κ3) is 3.83. The first-order valence-electron chi connectivity index (χ1n) is 8.34. The molecule has 1 saturated carbocycles. The molecule has 0 amide bonds. The number of aromatic nitrogens is 2. The molecule has 1 unspecified atom stereocenters. The second-order valence-corrected chi connectivity index (χ2v) is 6.08. The lowest BCUT2D eigenvalue weighted by Gasteiger charge is -2.27. The lowest BCUT2D eigenvalue weighted by molar-refractivity contribution is -0.0403. The molecule has 1 aromatic heterocycles. The minimum absolute atomic E-state index is 0.406. The fourth-order valence-electron chi connectivity index (χ4n) is 3.09. The van der Waals surface area contributed by atoms with E-state index >= 15 is 0 Å². The minimum Gasteiger partial charge on any atom is -0.367 e. The molecule has 0 spiro atoms. The second-order valence-electron chi connectivity index (χ2n) is 6.08. The van der Waals surface area contributed by atoms with Crippen LogP contribution in [0, 0.1) is 0 Å². The summed E-state index contributed by atoms with van der Waals surface area (Å²) in [4.78, 5) is 4.64. The number of nitrogens with one attached hydrogen (secondary N) is 1. The van der Waals surface area contributed by atoms with Gasteiger partial charge in [-0.2, -0.15) is 4.98 Å². The largest absolute Gasteiger partial charge is 0.367 e. The van der Waals surface area contributed by atoms with Crippen molar-refractivity contribution in [1.29, 1.82) is 0 Å². The van der Waals surface area contributed by atoms with Gasteiger partial charge in [-0.05, 0) is 52.5 Å². The van der Waals surface area contributed by atoms with Crippen LogP contribution < -0.4 is 5.32 Å². The highest BCUT2D eigenvalue weighted by Crippen LogP contribution is 2.34. The molecule has 5 heteroatoms.